The first kappa shape index (κ1) is 13.1. The van der Waals surface area contributed by atoms with Crippen molar-refractivity contribution in [2.24, 2.45) is 0 Å². The SMILES string of the molecule is CC1=CC[C@]2([N+](=O)[O-])C(=O)Oc3ccc(Cl)cc3[C@@H]2C1. The molecule has 6 heteroatoms. The maximum Gasteiger partial charge on any atom is 0.391 e. The second-order valence-corrected chi connectivity index (χ2v) is 5.70. The van der Waals surface area contributed by atoms with Crippen molar-refractivity contribution in [3.63, 3.8) is 0 Å². The number of halogens is 1. The van der Waals surface area contributed by atoms with Crippen molar-refractivity contribution in [2.75, 3.05) is 0 Å². The average Bonchev–Trinajstić information content (AvgIpc) is 2.39. The lowest BCUT2D eigenvalue weighted by Gasteiger charge is -2.38. The van der Waals surface area contributed by atoms with Crippen molar-refractivity contribution in [3.8, 4) is 5.75 Å². The van der Waals surface area contributed by atoms with Crippen LogP contribution in [0.3, 0.4) is 0 Å². The highest BCUT2D eigenvalue weighted by molar-refractivity contribution is 6.30. The summed E-state index contributed by atoms with van der Waals surface area (Å²) < 4.78 is 5.19. The number of carbonyl (C=O) groups is 1. The molecule has 104 valence electrons. The van der Waals surface area contributed by atoms with Crippen LogP contribution < -0.4 is 4.74 Å². The fourth-order valence-corrected chi connectivity index (χ4v) is 3.17. The van der Waals surface area contributed by atoms with Crippen LogP contribution in [0.5, 0.6) is 5.75 Å². The van der Waals surface area contributed by atoms with Gasteiger partial charge in [0.2, 0.25) is 0 Å². The first-order valence-corrected chi connectivity index (χ1v) is 6.65. The van der Waals surface area contributed by atoms with Gasteiger partial charge in [0.15, 0.2) is 0 Å². The molecule has 0 bridgehead atoms. The van der Waals surface area contributed by atoms with Crippen LogP contribution in [0.1, 0.15) is 31.2 Å². The Balaban J connectivity index is 2.24. The number of esters is 1. The molecule has 2 atom stereocenters. The number of hydrogen-bond acceptors (Lipinski definition) is 4. The van der Waals surface area contributed by atoms with Gasteiger partial charge < -0.3 is 4.74 Å². The minimum Gasteiger partial charge on any atom is -0.421 e. The van der Waals surface area contributed by atoms with Crippen LogP contribution in [0.2, 0.25) is 5.02 Å². The number of rotatable bonds is 1. The lowest BCUT2D eigenvalue weighted by Crippen LogP contribution is -2.56. The van der Waals surface area contributed by atoms with Gasteiger partial charge in [0.05, 0.1) is 5.92 Å². The van der Waals surface area contributed by atoms with Gasteiger partial charge in [-0.25, -0.2) is 4.79 Å². The summed E-state index contributed by atoms with van der Waals surface area (Å²) in [6, 6.07) is 4.86. The van der Waals surface area contributed by atoms with E-state index >= 15 is 0 Å². The van der Waals surface area contributed by atoms with Crippen LogP contribution in [0, 0.1) is 10.1 Å². The normalized spacial score (nSPS) is 28.0. The largest absolute Gasteiger partial charge is 0.421 e. The molecular formula is C14H12ClNO4. The minimum absolute atomic E-state index is 0.0568. The van der Waals surface area contributed by atoms with Gasteiger partial charge >= 0.3 is 11.5 Å². The van der Waals surface area contributed by atoms with Crippen molar-refractivity contribution in [3.05, 3.63) is 50.5 Å². The van der Waals surface area contributed by atoms with E-state index < -0.39 is 22.3 Å². The van der Waals surface area contributed by atoms with Crippen molar-refractivity contribution in [1.29, 1.82) is 0 Å². The van der Waals surface area contributed by atoms with Gasteiger partial charge in [0, 0.05) is 21.9 Å². The standard InChI is InChI=1S/C14H12ClNO4/c1-8-4-5-14(16(18)19)11(6-8)10-7-9(15)2-3-12(10)20-13(14)17/h2-4,7,11H,5-6H2,1H3/t11-,14+/m0/s1. The molecule has 20 heavy (non-hydrogen) atoms. The predicted molar refractivity (Wildman–Crippen MR) is 72.5 cm³/mol. The molecule has 0 unspecified atom stereocenters. The lowest BCUT2D eigenvalue weighted by molar-refractivity contribution is -0.560. The van der Waals surface area contributed by atoms with Crippen molar-refractivity contribution in [1.82, 2.24) is 0 Å². The van der Waals surface area contributed by atoms with E-state index in [-0.39, 0.29) is 6.42 Å². The summed E-state index contributed by atoms with van der Waals surface area (Å²) in [5.41, 5.74) is -0.0497. The second kappa shape index (κ2) is 4.31. The Morgan fingerprint density at radius 2 is 2.25 bits per heavy atom. The van der Waals surface area contributed by atoms with Gasteiger partial charge in [-0.3, -0.25) is 10.1 Å². The highest BCUT2D eigenvalue weighted by atomic mass is 35.5. The van der Waals surface area contributed by atoms with E-state index in [9.17, 15) is 14.9 Å². The summed E-state index contributed by atoms with van der Waals surface area (Å²) in [6.45, 7) is 1.91. The molecule has 0 aromatic heterocycles. The summed E-state index contributed by atoms with van der Waals surface area (Å²) in [6.07, 6.45) is 2.26. The number of nitrogens with zero attached hydrogens (tertiary/aromatic N) is 1. The van der Waals surface area contributed by atoms with Gasteiger partial charge in [-0.05, 0) is 31.5 Å². The van der Waals surface area contributed by atoms with E-state index in [4.69, 9.17) is 16.3 Å². The van der Waals surface area contributed by atoms with Crippen LogP contribution in [0.25, 0.3) is 0 Å². The van der Waals surface area contributed by atoms with Gasteiger partial charge in [-0.1, -0.05) is 23.3 Å². The lowest BCUT2D eigenvalue weighted by atomic mass is 9.69. The maximum atomic E-state index is 12.2. The van der Waals surface area contributed by atoms with Crippen LogP contribution in [-0.4, -0.2) is 16.4 Å². The Bertz CT molecular complexity index is 655. The van der Waals surface area contributed by atoms with Crippen LogP contribution in [0.4, 0.5) is 0 Å². The highest BCUT2D eigenvalue weighted by Gasteiger charge is 2.63. The molecule has 1 aliphatic carbocycles. The van der Waals surface area contributed by atoms with E-state index in [0.29, 0.717) is 22.8 Å². The Hall–Kier alpha value is -1.88. The van der Waals surface area contributed by atoms with E-state index in [0.717, 1.165) is 5.57 Å². The molecule has 0 radical (unpaired) electrons. The Morgan fingerprint density at radius 3 is 2.95 bits per heavy atom. The number of fused-ring (bicyclic) bond motifs is 3. The van der Waals surface area contributed by atoms with E-state index in [1.807, 2.05) is 6.92 Å². The fraction of sp³-hybridized carbons (Fsp3) is 0.357. The number of benzene rings is 1. The molecule has 0 fully saturated rings. The maximum absolute atomic E-state index is 12.2. The fourth-order valence-electron chi connectivity index (χ4n) is 2.99. The highest BCUT2D eigenvalue weighted by Crippen LogP contribution is 2.49. The predicted octanol–water partition coefficient (Wildman–Crippen LogP) is 3.10. The summed E-state index contributed by atoms with van der Waals surface area (Å²) in [7, 11) is 0. The summed E-state index contributed by atoms with van der Waals surface area (Å²) in [5.74, 6) is -0.944. The third kappa shape index (κ3) is 1.66. The zero-order valence-electron chi connectivity index (χ0n) is 10.8. The van der Waals surface area contributed by atoms with Crippen LogP contribution in [-0.2, 0) is 4.79 Å². The number of carbonyl (C=O) groups excluding carboxylic acids is 1. The Labute approximate surface area is 120 Å². The van der Waals surface area contributed by atoms with Gasteiger partial charge in [-0.2, -0.15) is 0 Å². The van der Waals surface area contributed by atoms with E-state index in [2.05, 4.69) is 0 Å². The van der Waals surface area contributed by atoms with Gasteiger partial charge in [0.1, 0.15) is 5.75 Å². The molecule has 1 aromatic rings. The van der Waals surface area contributed by atoms with Gasteiger partial charge in [0.25, 0.3) is 0 Å². The summed E-state index contributed by atoms with van der Waals surface area (Å²) in [4.78, 5) is 23.3. The zero-order chi connectivity index (χ0) is 14.5. The molecule has 0 amide bonds. The topological polar surface area (TPSA) is 69.4 Å². The van der Waals surface area contributed by atoms with Crippen molar-refractivity contribution >= 4 is 17.6 Å². The summed E-state index contributed by atoms with van der Waals surface area (Å²) >= 11 is 5.98. The molecule has 0 saturated carbocycles. The zero-order valence-corrected chi connectivity index (χ0v) is 11.5. The molecule has 1 aliphatic heterocycles. The summed E-state index contributed by atoms with van der Waals surface area (Å²) in [5, 5.41) is 12.0. The first-order valence-electron chi connectivity index (χ1n) is 6.27. The number of nitro groups is 1. The number of hydrogen-bond donors (Lipinski definition) is 0. The molecule has 0 N–H and O–H groups in total. The number of allylic oxidation sites excluding steroid dienone is 1. The van der Waals surface area contributed by atoms with Crippen molar-refractivity contribution < 1.29 is 14.5 Å². The first-order chi connectivity index (χ1) is 9.45. The third-order valence-corrected chi connectivity index (χ3v) is 4.33. The molecule has 0 saturated heterocycles. The van der Waals surface area contributed by atoms with Crippen LogP contribution in [0.15, 0.2) is 29.8 Å². The minimum atomic E-state index is -1.73. The third-order valence-electron chi connectivity index (χ3n) is 4.09. The number of ether oxygens (including phenoxy) is 1. The molecule has 0 spiro atoms. The molecular weight excluding hydrogens is 282 g/mol. The average molecular weight is 294 g/mol. The van der Waals surface area contributed by atoms with Crippen LogP contribution >= 0.6 is 11.6 Å². The molecule has 1 aromatic carbocycles. The molecule has 5 nitrogen and oxygen atoms in total. The smallest absolute Gasteiger partial charge is 0.391 e. The second-order valence-electron chi connectivity index (χ2n) is 5.26. The molecule has 3 rings (SSSR count). The van der Waals surface area contributed by atoms with Crippen molar-refractivity contribution in [2.45, 2.75) is 31.2 Å². The Kier molecular flexibility index (Phi) is 2.83. The monoisotopic (exact) mass is 293 g/mol. The molecule has 2 aliphatic rings. The molecule has 1 heterocycles. The van der Waals surface area contributed by atoms with E-state index in [1.165, 1.54) is 0 Å². The van der Waals surface area contributed by atoms with Gasteiger partial charge in [-0.15, -0.1) is 0 Å². The Morgan fingerprint density at radius 1 is 1.50 bits per heavy atom. The quantitative estimate of drug-likeness (QED) is 0.262. The van der Waals surface area contributed by atoms with E-state index in [1.54, 1.807) is 24.3 Å².